The molecular formula is C15H25N3O2. The molecule has 1 aromatic carbocycles. The maximum Gasteiger partial charge on any atom is 0.221 e. The second-order valence-electron chi connectivity index (χ2n) is 4.68. The summed E-state index contributed by atoms with van der Waals surface area (Å²) < 4.78 is 4.98. The van der Waals surface area contributed by atoms with E-state index < -0.39 is 0 Å². The predicted octanol–water partition coefficient (Wildman–Crippen LogP) is 0.995. The first-order valence-corrected chi connectivity index (χ1v) is 6.87. The third-order valence-electron chi connectivity index (χ3n) is 3.14. The van der Waals surface area contributed by atoms with Gasteiger partial charge in [-0.2, -0.15) is 0 Å². The Bertz CT molecular complexity index is 393. The van der Waals surface area contributed by atoms with Crippen LogP contribution >= 0.6 is 0 Å². The molecule has 0 atom stereocenters. The van der Waals surface area contributed by atoms with Crippen LogP contribution in [0.2, 0.25) is 0 Å². The van der Waals surface area contributed by atoms with Gasteiger partial charge in [0.2, 0.25) is 5.91 Å². The summed E-state index contributed by atoms with van der Waals surface area (Å²) in [6.45, 7) is 3.13. The summed E-state index contributed by atoms with van der Waals surface area (Å²) in [5.41, 5.74) is 2.36. The van der Waals surface area contributed by atoms with Gasteiger partial charge in [0.1, 0.15) is 0 Å². The monoisotopic (exact) mass is 279 g/mol. The molecule has 5 heteroatoms. The van der Waals surface area contributed by atoms with Crippen molar-refractivity contribution in [2.75, 3.05) is 45.8 Å². The van der Waals surface area contributed by atoms with Crippen molar-refractivity contribution in [3.63, 3.8) is 0 Å². The highest BCUT2D eigenvalue weighted by molar-refractivity contribution is 5.76. The number of hydrogen-bond acceptors (Lipinski definition) is 4. The lowest BCUT2D eigenvalue weighted by atomic mass is 10.2. The van der Waals surface area contributed by atoms with Crippen LogP contribution in [0, 0.1) is 0 Å². The van der Waals surface area contributed by atoms with Gasteiger partial charge in [0.15, 0.2) is 0 Å². The van der Waals surface area contributed by atoms with Crippen LogP contribution in [-0.4, -0.2) is 46.8 Å². The van der Waals surface area contributed by atoms with Crippen molar-refractivity contribution in [3.8, 4) is 0 Å². The van der Waals surface area contributed by atoms with E-state index in [9.17, 15) is 4.79 Å². The maximum absolute atomic E-state index is 11.2. The molecule has 0 spiro atoms. The van der Waals surface area contributed by atoms with Crippen molar-refractivity contribution in [3.05, 3.63) is 29.8 Å². The van der Waals surface area contributed by atoms with Gasteiger partial charge in [0, 0.05) is 52.9 Å². The highest BCUT2D eigenvalue weighted by Gasteiger charge is 2.04. The number of benzene rings is 1. The second-order valence-corrected chi connectivity index (χ2v) is 4.68. The summed E-state index contributed by atoms with van der Waals surface area (Å²) in [6.07, 6.45) is 0.507. The lowest BCUT2D eigenvalue weighted by Crippen LogP contribution is -2.26. The molecule has 0 fully saturated rings. The first-order chi connectivity index (χ1) is 9.67. The lowest BCUT2D eigenvalue weighted by Gasteiger charge is -2.19. The van der Waals surface area contributed by atoms with Gasteiger partial charge in [-0.3, -0.25) is 4.79 Å². The van der Waals surface area contributed by atoms with Crippen molar-refractivity contribution in [2.24, 2.45) is 0 Å². The fraction of sp³-hybridized carbons (Fsp3) is 0.533. The fourth-order valence-corrected chi connectivity index (χ4v) is 1.80. The molecule has 0 heterocycles. The number of nitrogens with zero attached hydrogens (tertiary/aromatic N) is 1. The molecule has 2 N–H and O–H groups in total. The molecule has 0 aromatic heterocycles. The van der Waals surface area contributed by atoms with Crippen molar-refractivity contribution >= 4 is 11.6 Å². The van der Waals surface area contributed by atoms with E-state index in [2.05, 4.69) is 39.8 Å². The van der Waals surface area contributed by atoms with Crippen LogP contribution < -0.4 is 15.5 Å². The van der Waals surface area contributed by atoms with Crippen molar-refractivity contribution in [1.29, 1.82) is 0 Å². The molecular weight excluding hydrogens is 254 g/mol. The molecule has 0 saturated heterocycles. The zero-order valence-electron chi connectivity index (χ0n) is 12.6. The molecule has 1 aromatic rings. The number of carbonyl (C=O) groups excluding carboxylic acids is 1. The van der Waals surface area contributed by atoms with Gasteiger partial charge >= 0.3 is 0 Å². The number of ether oxygens (including phenoxy) is 1. The molecule has 112 valence electrons. The smallest absolute Gasteiger partial charge is 0.221 e. The van der Waals surface area contributed by atoms with E-state index in [-0.39, 0.29) is 5.91 Å². The Kier molecular flexibility index (Phi) is 7.69. The second kappa shape index (κ2) is 9.34. The highest BCUT2D eigenvalue weighted by atomic mass is 16.5. The van der Waals surface area contributed by atoms with Crippen LogP contribution in [-0.2, 0) is 16.1 Å². The molecule has 1 rings (SSSR count). The average molecular weight is 279 g/mol. The summed E-state index contributed by atoms with van der Waals surface area (Å²) in [4.78, 5) is 13.3. The molecule has 0 bridgehead atoms. The predicted molar refractivity (Wildman–Crippen MR) is 82.0 cm³/mol. The maximum atomic E-state index is 11.2. The van der Waals surface area contributed by atoms with E-state index in [1.54, 1.807) is 14.2 Å². The molecule has 5 nitrogen and oxygen atoms in total. The highest BCUT2D eigenvalue weighted by Crippen LogP contribution is 2.14. The molecule has 1 amide bonds. The quantitative estimate of drug-likeness (QED) is 0.662. The molecule has 0 unspecified atom stereocenters. The van der Waals surface area contributed by atoms with Crippen molar-refractivity contribution < 1.29 is 9.53 Å². The molecule has 0 aliphatic carbocycles. The molecule has 0 saturated carbocycles. The van der Waals surface area contributed by atoms with E-state index in [4.69, 9.17) is 4.74 Å². The zero-order chi connectivity index (χ0) is 14.8. The standard InChI is InChI=1S/C15H25N3O2/c1-16-15(19)8-10-18(2)14-6-4-13(5-7-14)12-17-9-11-20-3/h4-7,17H,8-12H2,1-3H3,(H,16,19). The summed E-state index contributed by atoms with van der Waals surface area (Å²) in [7, 11) is 5.35. The van der Waals surface area contributed by atoms with Crippen LogP contribution in [0.5, 0.6) is 0 Å². The summed E-state index contributed by atoms with van der Waals surface area (Å²) >= 11 is 0. The normalized spacial score (nSPS) is 10.3. The molecule has 0 aliphatic rings. The van der Waals surface area contributed by atoms with Crippen molar-refractivity contribution in [2.45, 2.75) is 13.0 Å². The van der Waals surface area contributed by atoms with Gasteiger partial charge in [-0.15, -0.1) is 0 Å². The van der Waals surface area contributed by atoms with Crippen LogP contribution in [0.25, 0.3) is 0 Å². The average Bonchev–Trinajstić information content (AvgIpc) is 2.49. The Morgan fingerprint density at radius 2 is 2.00 bits per heavy atom. The number of amides is 1. The third-order valence-corrected chi connectivity index (χ3v) is 3.14. The Balaban J connectivity index is 2.38. The van der Waals surface area contributed by atoms with Crippen LogP contribution in [0.3, 0.4) is 0 Å². The minimum atomic E-state index is 0.0656. The number of rotatable bonds is 9. The Morgan fingerprint density at radius 1 is 1.30 bits per heavy atom. The van der Waals surface area contributed by atoms with Gasteiger partial charge in [0.25, 0.3) is 0 Å². The summed E-state index contributed by atoms with van der Waals surface area (Å²) in [6, 6.07) is 8.37. The van der Waals surface area contributed by atoms with Gasteiger partial charge in [-0.1, -0.05) is 12.1 Å². The zero-order valence-corrected chi connectivity index (χ0v) is 12.6. The topological polar surface area (TPSA) is 53.6 Å². The van der Waals surface area contributed by atoms with Gasteiger partial charge in [-0.05, 0) is 17.7 Å². The number of nitrogens with one attached hydrogen (secondary N) is 2. The molecule has 20 heavy (non-hydrogen) atoms. The number of methoxy groups -OCH3 is 1. The SMILES string of the molecule is CNC(=O)CCN(C)c1ccc(CNCCOC)cc1. The van der Waals surface area contributed by atoms with Crippen LogP contribution in [0.4, 0.5) is 5.69 Å². The third kappa shape index (κ3) is 6.04. The Morgan fingerprint density at radius 3 is 2.60 bits per heavy atom. The van der Waals surface area contributed by atoms with Crippen molar-refractivity contribution in [1.82, 2.24) is 10.6 Å². The first-order valence-electron chi connectivity index (χ1n) is 6.87. The minimum absolute atomic E-state index is 0.0656. The Labute approximate surface area is 121 Å². The van der Waals surface area contributed by atoms with E-state index in [0.717, 1.165) is 25.4 Å². The largest absolute Gasteiger partial charge is 0.383 e. The molecule has 0 aliphatic heterocycles. The van der Waals surface area contributed by atoms with Gasteiger partial charge in [0.05, 0.1) is 6.61 Å². The Hall–Kier alpha value is -1.59. The lowest BCUT2D eigenvalue weighted by molar-refractivity contribution is -0.120. The number of carbonyl (C=O) groups is 1. The van der Waals surface area contributed by atoms with E-state index in [0.29, 0.717) is 13.0 Å². The van der Waals surface area contributed by atoms with E-state index in [1.807, 2.05) is 7.05 Å². The number of hydrogen-bond donors (Lipinski definition) is 2. The van der Waals surface area contributed by atoms with Crippen LogP contribution in [0.1, 0.15) is 12.0 Å². The van der Waals surface area contributed by atoms with Gasteiger partial charge < -0.3 is 20.3 Å². The van der Waals surface area contributed by atoms with Gasteiger partial charge in [-0.25, -0.2) is 0 Å². The van der Waals surface area contributed by atoms with Crippen LogP contribution in [0.15, 0.2) is 24.3 Å². The molecule has 0 radical (unpaired) electrons. The number of anilines is 1. The van der Waals surface area contributed by atoms with E-state index >= 15 is 0 Å². The first kappa shape index (κ1) is 16.5. The summed E-state index contributed by atoms with van der Waals surface area (Å²) in [5, 5.41) is 5.94. The van der Waals surface area contributed by atoms with E-state index in [1.165, 1.54) is 5.56 Å². The summed E-state index contributed by atoms with van der Waals surface area (Å²) in [5.74, 6) is 0.0656. The minimum Gasteiger partial charge on any atom is -0.383 e. The fourth-order valence-electron chi connectivity index (χ4n) is 1.80.